The third kappa shape index (κ3) is 4.08. The van der Waals surface area contributed by atoms with Crippen LogP contribution in [-0.2, 0) is 9.59 Å². The summed E-state index contributed by atoms with van der Waals surface area (Å²) in [6.07, 6.45) is 2.17. The highest BCUT2D eigenvalue weighted by molar-refractivity contribution is 6.53. The van der Waals surface area contributed by atoms with Crippen LogP contribution < -0.4 is 10.2 Å². The molecule has 3 amide bonds. The van der Waals surface area contributed by atoms with Gasteiger partial charge in [-0.05, 0) is 61.6 Å². The lowest BCUT2D eigenvalue weighted by Gasteiger charge is -2.31. The summed E-state index contributed by atoms with van der Waals surface area (Å²) in [4.78, 5) is 41.3. The molecule has 2 aromatic rings. The molecule has 1 N–H and O–H groups in total. The van der Waals surface area contributed by atoms with Crippen molar-refractivity contribution < 1.29 is 14.4 Å². The van der Waals surface area contributed by atoms with Gasteiger partial charge in [0.1, 0.15) is 10.7 Å². The van der Waals surface area contributed by atoms with Gasteiger partial charge in [-0.15, -0.1) is 0 Å². The van der Waals surface area contributed by atoms with E-state index in [1.54, 1.807) is 36.4 Å². The van der Waals surface area contributed by atoms with Crippen molar-refractivity contribution in [1.29, 1.82) is 0 Å². The number of hydrogen-bond acceptors (Lipinski definition) is 4. The average Bonchev–Trinajstić information content (AvgIpc) is 2.97. The van der Waals surface area contributed by atoms with Crippen molar-refractivity contribution in [2.45, 2.75) is 26.7 Å². The molecule has 1 unspecified atom stereocenters. The van der Waals surface area contributed by atoms with Gasteiger partial charge in [-0.1, -0.05) is 36.7 Å². The first-order valence-electron chi connectivity index (χ1n) is 10.4. The van der Waals surface area contributed by atoms with E-state index < -0.39 is 11.8 Å². The highest BCUT2D eigenvalue weighted by atomic mass is 35.5. The number of nitrogens with one attached hydrogen (secondary N) is 1. The molecule has 1 saturated heterocycles. The van der Waals surface area contributed by atoms with Gasteiger partial charge in [-0.25, -0.2) is 4.90 Å². The first kappa shape index (κ1) is 21.1. The van der Waals surface area contributed by atoms with E-state index in [0.29, 0.717) is 22.9 Å². The second-order valence-electron chi connectivity index (χ2n) is 8.12. The average molecular weight is 438 g/mol. The largest absolute Gasteiger partial charge is 0.350 e. The predicted molar refractivity (Wildman–Crippen MR) is 121 cm³/mol. The number of amides is 3. The van der Waals surface area contributed by atoms with Gasteiger partial charge >= 0.3 is 0 Å². The molecule has 0 aliphatic carbocycles. The molecule has 31 heavy (non-hydrogen) atoms. The minimum absolute atomic E-state index is 0.00759. The van der Waals surface area contributed by atoms with Gasteiger partial charge in [0.05, 0.1) is 5.69 Å². The molecule has 6 nitrogen and oxygen atoms in total. The smallest absolute Gasteiger partial charge is 0.283 e. The van der Waals surface area contributed by atoms with Gasteiger partial charge in [0.2, 0.25) is 0 Å². The fourth-order valence-corrected chi connectivity index (χ4v) is 4.25. The van der Waals surface area contributed by atoms with Crippen molar-refractivity contribution in [3.8, 4) is 0 Å². The number of carbonyl (C=O) groups excluding carboxylic acids is 3. The number of hydrogen-bond donors (Lipinski definition) is 1. The normalized spacial score (nSPS) is 19.3. The summed E-state index contributed by atoms with van der Waals surface area (Å²) in [6.45, 7) is 5.53. The Hall–Kier alpha value is -3.12. The Morgan fingerprint density at radius 3 is 2.45 bits per heavy atom. The summed E-state index contributed by atoms with van der Waals surface area (Å²) in [5, 5.41) is 2.80. The summed E-state index contributed by atoms with van der Waals surface area (Å²) in [5.74, 6) is -0.552. The second-order valence-corrected chi connectivity index (χ2v) is 8.50. The molecule has 1 atom stereocenters. The fraction of sp³-hybridized carbons (Fsp3) is 0.292. The van der Waals surface area contributed by atoms with Gasteiger partial charge < -0.3 is 10.2 Å². The number of carbonyl (C=O) groups is 3. The van der Waals surface area contributed by atoms with E-state index >= 15 is 0 Å². The number of aryl methyl sites for hydroxylation is 1. The third-order valence-electron chi connectivity index (χ3n) is 5.73. The summed E-state index contributed by atoms with van der Waals surface area (Å²) >= 11 is 6.21. The summed E-state index contributed by atoms with van der Waals surface area (Å²) in [7, 11) is 0. The molecule has 0 saturated carbocycles. The Bertz CT molecular complexity index is 1080. The number of halogens is 1. The van der Waals surface area contributed by atoms with Crippen LogP contribution in [0.15, 0.2) is 59.3 Å². The van der Waals surface area contributed by atoms with Crippen LogP contribution in [0.4, 0.5) is 11.4 Å². The Morgan fingerprint density at radius 1 is 1.06 bits per heavy atom. The van der Waals surface area contributed by atoms with Crippen LogP contribution in [0, 0.1) is 12.8 Å². The zero-order valence-corrected chi connectivity index (χ0v) is 18.3. The molecular weight excluding hydrogens is 414 g/mol. The third-order valence-corrected chi connectivity index (χ3v) is 6.08. The quantitative estimate of drug-likeness (QED) is 0.724. The van der Waals surface area contributed by atoms with Gasteiger partial charge in [0.25, 0.3) is 17.7 Å². The molecule has 7 heteroatoms. The summed E-state index contributed by atoms with van der Waals surface area (Å²) in [5.41, 5.74) is 2.49. The number of likely N-dealkylation sites (tertiary alicyclic amines) is 1. The lowest BCUT2D eigenvalue weighted by Crippen LogP contribution is -2.39. The first-order valence-corrected chi connectivity index (χ1v) is 10.7. The molecule has 0 radical (unpaired) electrons. The molecule has 0 aromatic heterocycles. The van der Waals surface area contributed by atoms with E-state index in [2.05, 4.69) is 12.2 Å². The number of anilines is 2. The minimum atomic E-state index is -0.561. The topological polar surface area (TPSA) is 69.7 Å². The molecule has 0 bridgehead atoms. The summed E-state index contributed by atoms with van der Waals surface area (Å²) in [6, 6.07) is 14.0. The number of nitrogens with zero attached hydrogens (tertiary/aromatic N) is 2. The Morgan fingerprint density at radius 2 is 1.77 bits per heavy atom. The number of para-hydroxylation sites is 1. The van der Waals surface area contributed by atoms with Crippen molar-refractivity contribution in [2.75, 3.05) is 23.3 Å². The van der Waals surface area contributed by atoms with E-state index in [9.17, 15) is 14.4 Å². The van der Waals surface area contributed by atoms with Crippen molar-refractivity contribution in [3.05, 3.63) is 70.4 Å². The molecule has 2 aromatic carbocycles. The maximum absolute atomic E-state index is 12.9. The lowest BCUT2D eigenvalue weighted by atomic mass is 9.99. The molecule has 2 aliphatic rings. The van der Waals surface area contributed by atoms with E-state index in [1.165, 1.54) is 0 Å². The molecule has 1 fully saturated rings. The van der Waals surface area contributed by atoms with Crippen LogP contribution >= 0.6 is 11.6 Å². The number of benzene rings is 2. The zero-order chi connectivity index (χ0) is 22.1. The highest BCUT2D eigenvalue weighted by Crippen LogP contribution is 2.32. The van der Waals surface area contributed by atoms with E-state index in [-0.39, 0.29) is 16.6 Å². The first-order chi connectivity index (χ1) is 14.9. The maximum atomic E-state index is 12.9. The van der Waals surface area contributed by atoms with Crippen LogP contribution in [-0.4, -0.2) is 35.7 Å². The Labute approximate surface area is 186 Å². The van der Waals surface area contributed by atoms with Gasteiger partial charge in [0.15, 0.2) is 0 Å². The lowest BCUT2D eigenvalue weighted by molar-refractivity contribution is -0.120. The molecular formula is C24H24ClN3O3. The van der Waals surface area contributed by atoms with Crippen LogP contribution in [0.3, 0.4) is 0 Å². The number of piperidine rings is 1. The number of imide groups is 1. The minimum Gasteiger partial charge on any atom is -0.350 e. The van der Waals surface area contributed by atoms with Gasteiger partial charge in [-0.3, -0.25) is 14.4 Å². The highest BCUT2D eigenvalue weighted by Gasteiger charge is 2.39. The van der Waals surface area contributed by atoms with Crippen molar-refractivity contribution in [3.63, 3.8) is 0 Å². The Kier molecular flexibility index (Phi) is 5.83. The molecule has 0 spiro atoms. The molecule has 160 valence electrons. The van der Waals surface area contributed by atoms with Crippen molar-refractivity contribution >= 4 is 40.7 Å². The van der Waals surface area contributed by atoms with Crippen molar-refractivity contribution in [1.82, 2.24) is 4.90 Å². The molecule has 2 aliphatic heterocycles. The number of rotatable bonds is 4. The zero-order valence-electron chi connectivity index (χ0n) is 17.5. The SMILES string of the molecule is Cc1ccccc1N1C(=O)C(Cl)=C(Nc2ccc(C(=O)N3CCCC(C)C3)cc2)C1=O. The van der Waals surface area contributed by atoms with Crippen LogP contribution in [0.5, 0.6) is 0 Å². The van der Waals surface area contributed by atoms with Crippen molar-refractivity contribution in [2.24, 2.45) is 5.92 Å². The van der Waals surface area contributed by atoms with Gasteiger partial charge in [-0.2, -0.15) is 0 Å². The van der Waals surface area contributed by atoms with E-state index in [1.807, 2.05) is 24.0 Å². The molecule has 4 rings (SSSR count). The predicted octanol–water partition coefficient (Wildman–Crippen LogP) is 4.30. The Balaban J connectivity index is 1.50. The van der Waals surface area contributed by atoms with Crippen LogP contribution in [0.25, 0.3) is 0 Å². The van der Waals surface area contributed by atoms with E-state index in [0.717, 1.165) is 36.4 Å². The van der Waals surface area contributed by atoms with Crippen LogP contribution in [0.1, 0.15) is 35.7 Å². The second kappa shape index (κ2) is 8.55. The monoisotopic (exact) mass is 437 g/mol. The summed E-state index contributed by atoms with van der Waals surface area (Å²) < 4.78 is 0. The van der Waals surface area contributed by atoms with E-state index in [4.69, 9.17) is 11.6 Å². The van der Waals surface area contributed by atoms with Crippen LogP contribution in [0.2, 0.25) is 0 Å². The molecule has 2 heterocycles. The maximum Gasteiger partial charge on any atom is 0.283 e. The van der Waals surface area contributed by atoms with Gasteiger partial charge in [0, 0.05) is 24.3 Å². The fourth-order valence-electron chi connectivity index (χ4n) is 4.04. The standard InChI is InChI=1S/C24H24ClN3O3/c1-15-6-5-13-27(14-15)22(29)17-9-11-18(12-10-17)26-21-20(25)23(30)28(24(21)31)19-8-4-3-7-16(19)2/h3-4,7-12,15,26H,5-6,13-14H2,1-2H3.